The number of nitrogens with one attached hydrogen (secondary N) is 2. The number of hydrogen-bond acceptors (Lipinski definition) is 3. The van der Waals surface area contributed by atoms with Crippen LogP contribution in [0.2, 0.25) is 0 Å². The number of hydrogen-bond donors (Lipinski definition) is 3. The Labute approximate surface area is 139 Å². The average Bonchev–Trinajstić information content (AvgIpc) is 2.87. The minimum Gasteiger partial charge on any atom is -0.394 e. The van der Waals surface area contributed by atoms with Crippen LogP contribution in [0.25, 0.3) is 0 Å². The molecule has 3 N–H and O–H groups in total. The van der Waals surface area contributed by atoms with E-state index >= 15 is 0 Å². The number of H-pyrrole nitrogens is 1. The Kier molecular flexibility index (Phi) is 5.27. The molecular formula is C16H24F3N3O2. The van der Waals surface area contributed by atoms with E-state index in [2.05, 4.69) is 15.5 Å². The normalized spacial score (nSPS) is 19.7. The number of nitrogens with zero attached hydrogens (tertiary/aromatic N) is 1. The van der Waals surface area contributed by atoms with E-state index in [0.29, 0.717) is 25.0 Å². The number of aliphatic hydroxyl groups is 1. The number of rotatable bonds is 4. The van der Waals surface area contributed by atoms with Gasteiger partial charge in [-0.05, 0) is 31.1 Å². The van der Waals surface area contributed by atoms with Crippen LogP contribution in [0.5, 0.6) is 0 Å². The molecule has 136 valence electrons. The number of aryl methyl sites for hydroxylation is 1. The van der Waals surface area contributed by atoms with E-state index in [1.54, 1.807) is 0 Å². The number of aromatic nitrogens is 2. The summed E-state index contributed by atoms with van der Waals surface area (Å²) in [5.74, 6) is -0.844. The largest absolute Gasteiger partial charge is 0.435 e. The highest BCUT2D eigenvalue weighted by atomic mass is 19.4. The van der Waals surface area contributed by atoms with E-state index in [1.807, 2.05) is 20.8 Å². The number of aliphatic hydroxyl groups excluding tert-OH is 1. The van der Waals surface area contributed by atoms with Crippen LogP contribution in [-0.2, 0) is 23.8 Å². The van der Waals surface area contributed by atoms with Crippen molar-refractivity contribution in [1.82, 2.24) is 15.5 Å². The maximum absolute atomic E-state index is 13.0. The Balaban J connectivity index is 2.07. The number of aromatic amines is 1. The lowest BCUT2D eigenvalue weighted by Crippen LogP contribution is -2.44. The fourth-order valence-corrected chi connectivity index (χ4v) is 3.17. The first kappa shape index (κ1) is 18.8. The second-order valence-electron chi connectivity index (χ2n) is 7.62. The standard InChI is InChI=1S/C16H24F3N3O2/c1-15(2,3)7-10(8-23)20-14(24)9-4-5-12-11(6-9)13(22-21-12)16(17,18)19/h9-10,23H,4-8H2,1-3H3,(H,20,24)(H,21,22). The third-order valence-electron chi connectivity index (χ3n) is 4.21. The molecule has 1 aliphatic carbocycles. The molecular weight excluding hydrogens is 323 g/mol. The van der Waals surface area contributed by atoms with Crippen LogP contribution in [0.4, 0.5) is 13.2 Å². The fraction of sp³-hybridized carbons (Fsp3) is 0.750. The molecule has 0 saturated heterocycles. The van der Waals surface area contributed by atoms with Gasteiger partial charge < -0.3 is 10.4 Å². The van der Waals surface area contributed by atoms with Gasteiger partial charge in [-0.25, -0.2) is 0 Å². The van der Waals surface area contributed by atoms with Crippen molar-refractivity contribution in [3.05, 3.63) is 17.0 Å². The minimum atomic E-state index is -4.53. The van der Waals surface area contributed by atoms with Crippen molar-refractivity contribution in [2.45, 2.75) is 58.7 Å². The predicted octanol–water partition coefficient (Wildman–Crippen LogP) is 2.45. The van der Waals surface area contributed by atoms with Crippen molar-refractivity contribution in [3.63, 3.8) is 0 Å². The summed E-state index contributed by atoms with van der Waals surface area (Å²) in [7, 11) is 0. The SMILES string of the molecule is CC(C)(C)CC(CO)NC(=O)C1CCc2[nH]nc(C(F)(F)F)c2C1. The third-order valence-corrected chi connectivity index (χ3v) is 4.21. The summed E-state index contributed by atoms with van der Waals surface area (Å²) in [6, 6.07) is -0.398. The summed E-state index contributed by atoms with van der Waals surface area (Å²) in [6.07, 6.45) is -3.10. The monoisotopic (exact) mass is 347 g/mol. The molecule has 1 aromatic rings. The lowest BCUT2D eigenvalue weighted by atomic mass is 9.84. The van der Waals surface area contributed by atoms with E-state index in [-0.39, 0.29) is 29.9 Å². The third kappa shape index (κ3) is 4.49. The Bertz CT molecular complexity index is 590. The Morgan fingerprint density at radius 3 is 2.62 bits per heavy atom. The lowest BCUT2D eigenvalue weighted by Gasteiger charge is -2.28. The van der Waals surface area contributed by atoms with Gasteiger partial charge in [0.1, 0.15) is 0 Å². The van der Waals surface area contributed by atoms with Gasteiger partial charge in [-0.2, -0.15) is 18.3 Å². The van der Waals surface area contributed by atoms with Crippen LogP contribution in [0.1, 0.15) is 50.6 Å². The van der Waals surface area contributed by atoms with Crippen LogP contribution in [0.3, 0.4) is 0 Å². The van der Waals surface area contributed by atoms with Gasteiger partial charge in [0, 0.05) is 17.2 Å². The van der Waals surface area contributed by atoms with Crippen molar-refractivity contribution < 1.29 is 23.1 Å². The van der Waals surface area contributed by atoms with Crippen molar-refractivity contribution in [2.75, 3.05) is 6.61 Å². The van der Waals surface area contributed by atoms with Crippen LogP contribution in [0, 0.1) is 11.3 Å². The van der Waals surface area contributed by atoms with Gasteiger partial charge in [0.25, 0.3) is 0 Å². The molecule has 2 atom stereocenters. The molecule has 0 spiro atoms. The average molecular weight is 347 g/mol. The van der Waals surface area contributed by atoms with Gasteiger partial charge >= 0.3 is 6.18 Å². The zero-order chi connectivity index (χ0) is 18.1. The van der Waals surface area contributed by atoms with Gasteiger partial charge in [-0.1, -0.05) is 20.8 Å². The van der Waals surface area contributed by atoms with E-state index in [4.69, 9.17) is 0 Å². The molecule has 2 rings (SSSR count). The molecule has 0 bridgehead atoms. The zero-order valence-electron chi connectivity index (χ0n) is 14.1. The molecule has 5 nitrogen and oxygen atoms in total. The van der Waals surface area contributed by atoms with Crippen molar-refractivity contribution in [3.8, 4) is 0 Å². The first-order valence-electron chi connectivity index (χ1n) is 8.06. The van der Waals surface area contributed by atoms with Crippen LogP contribution >= 0.6 is 0 Å². The highest BCUT2D eigenvalue weighted by Gasteiger charge is 2.40. The summed E-state index contributed by atoms with van der Waals surface area (Å²) in [4.78, 5) is 12.4. The summed E-state index contributed by atoms with van der Waals surface area (Å²) >= 11 is 0. The Hall–Kier alpha value is -1.57. The number of carbonyl (C=O) groups excluding carboxylic acids is 1. The maximum atomic E-state index is 13.0. The predicted molar refractivity (Wildman–Crippen MR) is 82.2 cm³/mol. The smallest absolute Gasteiger partial charge is 0.394 e. The molecule has 1 amide bonds. The highest BCUT2D eigenvalue weighted by Crippen LogP contribution is 2.36. The fourth-order valence-electron chi connectivity index (χ4n) is 3.17. The molecule has 24 heavy (non-hydrogen) atoms. The quantitative estimate of drug-likeness (QED) is 0.783. The zero-order valence-corrected chi connectivity index (χ0v) is 14.1. The number of fused-ring (bicyclic) bond motifs is 1. The van der Waals surface area contributed by atoms with Gasteiger partial charge in [-0.3, -0.25) is 9.89 Å². The molecule has 0 aromatic carbocycles. The van der Waals surface area contributed by atoms with Gasteiger partial charge in [0.05, 0.1) is 12.6 Å². The van der Waals surface area contributed by atoms with E-state index in [9.17, 15) is 23.1 Å². The maximum Gasteiger partial charge on any atom is 0.435 e. The first-order valence-corrected chi connectivity index (χ1v) is 8.06. The molecule has 0 radical (unpaired) electrons. The number of alkyl halides is 3. The molecule has 1 aliphatic rings. The second-order valence-corrected chi connectivity index (χ2v) is 7.62. The molecule has 1 heterocycles. The van der Waals surface area contributed by atoms with Crippen LogP contribution < -0.4 is 5.32 Å². The topological polar surface area (TPSA) is 78.0 Å². The Morgan fingerprint density at radius 2 is 2.08 bits per heavy atom. The van der Waals surface area contributed by atoms with Crippen molar-refractivity contribution >= 4 is 5.91 Å². The number of halogens is 3. The molecule has 0 saturated carbocycles. The van der Waals surface area contributed by atoms with Crippen molar-refractivity contribution in [2.24, 2.45) is 11.3 Å². The lowest BCUT2D eigenvalue weighted by molar-refractivity contribution is -0.142. The summed E-state index contributed by atoms with van der Waals surface area (Å²) < 4.78 is 38.9. The molecule has 0 fully saturated rings. The molecule has 8 heteroatoms. The van der Waals surface area contributed by atoms with E-state index < -0.39 is 23.8 Å². The van der Waals surface area contributed by atoms with E-state index in [0.717, 1.165) is 0 Å². The Morgan fingerprint density at radius 1 is 1.42 bits per heavy atom. The minimum absolute atomic E-state index is 0.0141. The number of carbonyl (C=O) groups is 1. The summed E-state index contributed by atoms with van der Waals surface area (Å²) in [6.45, 7) is 5.79. The highest BCUT2D eigenvalue weighted by molar-refractivity contribution is 5.79. The molecule has 1 aromatic heterocycles. The van der Waals surface area contributed by atoms with Crippen LogP contribution in [-0.4, -0.2) is 33.9 Å². The second kappa shape index (κ2) is 6.74. The molecule has 0 aliphatic heterocycles. The van der Waals surface area contributed by atoms with Gasteiger partial charge in [0.2, 0.25) is 5.91 Å². The summed E-state index contributed by atoms with van der Waals surface area (Å²) in [5, 5.41) is 18.0. The van der Waals surface area contributed by atoms with Gasteiger partial charge in [0.15, 0.2) is 5.69 Å². The summed E-state index contributed by atoms with van der Waals surface area (Å²) in [5.41, 5.74) is -0.456. The number of amides is 1. The van der Waals surface area contributed by atoms with Crippen LogP contribution in [0.15, 0.2) is 0 Å². The van der Waals surface area contributed by atoms with E-state index in [1.165, 1.54) is 0 Å². The van der Waals surface area contributed by atoms with Gasteiger partial charge in [-0.15, -0.1) is 0 Å². The first-order chi connectivity index (χ1) is 11.0. The molecule has 2 unspecified atom stereocenters. The van der Waals surface area contributed by atoms with Crippen molar-refractivity contribution in [1.29, 1.82) is 0 Å².